The molecule has 1 aromatic heterocycles. The normalized spacial score (nSPS) is 20.6. The summed E-state index contributed by atoms with van der Waals surface area (Å²) in [5.74, 6) is 0.142. The van der Waals surface area contributed by atoms with Crippen LogP contribution in [0.2, 0.25) is 0 Å². The van der Waals surface area contributed by atoms with Crippen LogP contribution in [0.3, 0.4) is 0 Å². The number of nitrogens with zero attached hydrogens (tertiary/aromatic N) is 2. The monoisotopic (exact) mass is 343 g/mol. The molecule has 0 bridgehead atoms. The van der Waals surface area contributed by atoms with Crippen molar-refractivity contribution in [1.29, 1.82) is 0 Å². The molecule has 3 rings (SSSR count). The van der Waals surface area contributed by atoms with Crippen LogP contribution in [0.5, 0.6) is 0 Å². The maximum atomic E-state index is 12.5. The van der Waals surface area contributed by atoms with Crippen LogP contribution in [-0.4, -0.2) is 53.3 Å². The molecule has 0 spiro atoms. The zero-order valence-corrected chi connectivity index (χ0v) is 14.1. The minimum Gasteiger partial charge on any atom is -0.338 e. The van der Waals surface area contributed by atoms with E-state index in [4.69, 9.17) is 5.73 Å². The highest BCUT2D eigenvalue weighted by Gasteiger charge is 2.40. The maximum Gasteiger partial charge on any atom is 0.264 e. The summed E-state index contributed by atoms with van der Waals surface area (Å²) >= 11 is 1.46. The van der Waals surface area contributed by atoms with Crippen LogP contribution in [0, 0.1) is 0 Å². The molecule has 0 aromatic carbocycles. The second-order valence-corrected chi connectivity index (χ2v) is 6.87. The number of carbonyl (C=O) groups is 2. The lowest BCUT2D eigenvalue weighted by molar-refractivity contribution is -0.138. The van der Waals surface area contributed by atoms with E-state index in [-0.39, 0.29) is 24.2 Å². The van der Waals surface area contributed by atoms with E-state index in [1.807, 2.05) is 27.3 Å². The van der Waals surface area contributed by atoms with Gasteiger partial charge in [-0.1, -0.05) is 18.9 Å². The van der Waals surface area contributed by atoms with Gasteiger partial charge in [0.1, 0.15) is 0 Å². The molecule has 0 atom stereocenters. The SMILES string of the molecule is Cl.NC1(C(=O)N2CCN(C(=O)c3cccs3)CC2)CCCC1. The van der Waals surface area contributed by atoms with Gasteiger partial charge in [-0.15, -0.1) is 23.7 Å². The van der Waals surface area contributed by atoms with Crippen LogP contribution in [0.25, 0.3) is 0 Å². The van der Waals surface area contributed by atoms with Gasteiger partial charge in [-0.25, -0.2) is 0 Å². The summed E-state index contributed by atoms with van der Waals surface area (Å²) in [5.41, 5.74) is 5.58. The number of halogens is 1. The van der Waals surface area contributed by atoms with Gasteiger partial charge in [0.2, 0.25) is 5.91 Å². The highest BCUT2D eigenvalue weighted by atomic mass is 35.5. The van der Waals surface area contributed by atoms with Gasteiger partial charge in [-0.05, 0) is 24.3 Å². The van der Waals surface area contributed by atoms with E-state index in [9.17, 15) is 9.59 Å². The molecule has 1 aliphatic carbocycles. The van der Waals surface area contributed by atoms with Crippen LogP contribution in [0.1, 0.15) is 35.4 Å². The van der Waals surface area contributed by atoms with Crippen LogP contribution in [0.4, 0.5) is 0 Å². The molecule has 2 aliphatic rings. The summed E-state index contributed by atoms with van der Waals surface area (Å²) in [7, 11) is 0. The van der Waals surface area contributed by atoms with Crippen molar-refractivity contribution in [2.24, 2.45) is 5.73 Å². The molecule has 1 saturated carbocycles. The standard InChI is InChI=1S/C15H21N3O2S.ClH/c16-15(5-1-2-6-15)14(20)18-9-7-17(8-10-18)13(19)12-4-3-11-21-12;/h3-4,11H,1-2,5-10,16H2;1H. The van der Waals surface area contributed by atoms with Gasteiger partial charge in [-0.3, -0.25) is 9.59 Å². The molecule has 2 N–H and O–H groups in total. The number of amides is 2. The topological polar surface area (TPSA) is 66.6 Å². The molecule has 7 heteroatoms. The van der Waals surface area contributed by atoms with Gasteiger partial charge in [0.05, 0.1) is 10.4 Å². The minimum absolute atomic E-state index is 0. The Balaban J connectivity index is 0.00000176. The van der Waals surface area contributed by atoms with Crippen LogP contribution >= 0.6 is 23.7 Å². The first-order chi connectivity index (χ1) is 10.1. The minimum atomic E-state index is -0.653. The summed E-state index contributed by atoms with van der Waals surface area (Å²) in [6.07, 6.45) is 3.67. The Labute approximate surface area is 140 Å². The first kappa shape index (κ1) is 17.2. The third-order valence-corrected chi connectivity index (χ3v) is 5.37. The van der Waals surface area contributed by atoms with Crippen molar-refractivity contribution < 1.29 is 9.59 Å². The molecule has 22 heavy (non-hydrogen) atoms. The van der Waals surface area contributed by atoms with Gasteiger partial charge in [0.25, 0.3) is 5.91 Å². The summed E-state index contributed by atoms with van der Waals surface area (Å²) in [4.78, 5) is 29.2. The van der Waals surface area contributed by atoms with Crippen molar-refractivity contribution in [3.05, 3.63) is 22.4 Å². The molecule has 0 radical (unpaired) electrons. The Morgan fingerprint density at radius 1 is 1.09 bits per heavy atom. The predicted molar refractivity (Wildman–Crippen MR) is 89.4 cm³/mol. The molecular weight excluding hydrogens is 322 g/mol. The number of piperazine rings is 1. The smallest absolute Gasteiger partial charge is 0.264 e. The molecular formula is C15H22ClN3O2S. The molecule has 1 aliphatic heterocycles. The Hall–Kier alpha value is -1.11. The van der Waals surface area contributed by atoms with E-state index in [0.29, 0.717) is 26.2 Å². The molecule has 2 heterocycles. The molecule has 5 nitrogen and oxygen atoms in total. The summed E-state index contributed by atoms with van der Waals surface area (Å²) < 4.78 is 0. The van der Waals surface area contributed by atoms with Crippen molar-refractivity contribution in [3.8, 4) is 0 Å². The molecule has 122 valence electrons. The Morgan fingerprint density at radius 3 is 2.23 bits per heavy atom. The molecule has 2 fully saturated rings. The van der Waals surface area contributed by atoms with E-state index in [2.05, 4.69) is 0 Å². The number of thiophene rings is 1. The summed E-state index contributed by atoms with van der Waals surface area (Å²) in [5, 5.41) is 1.91. The third-order valence-electron chi connectivity index (χ3n) is 4.51. The first-order valence-corrected chi connectivity index (χ1v) is 8.39. The fraction of sp³-hybridized carbons (Fsp3) is 0.600. The molecule has 0 unspecified atom stereocenters. The summed E-state index contributed by atoms with van der Waals surface area (Å²) in [6.45, 7) is 2.38. The van der Waals surface area contributed by atoms with Gasteiger partial charge in [0, 0.05) is 26.2 Å². The van der Waals surface area contributed by atoms with E-state index in [1.165, 1.54) is 11.3 Å². The zero-order chi connectivity index (χ0) is 14.9. The zero-order valence-electron chi connectivity index (χ0n) is 12.5. The lowest BCUT2D eigenvalue weighted by Crippen LogP contribution is -2.59. The van der Waals surface area contributed by atoms with E-state index >= 15 is 0 Å². The Morgan fingerprint density at radius 2 is 1.68 bits per heavy atom. The van der Waals surface area contributed by atoms with Gasteiger partial charge < -0.3 is 15.5 Å². The molecule has 2 amide bonds. The highest BCUT2D eigenvalue weighted by molar-refractivity contribution is 7.12. The van der Waals surface area contributed by atoms with Gasteiger partial charge in [-0.2, -0.15) is 0 Å². The van der Waals surface area contributed by atoms with Crippen LogP contribution in [-0.2, 0) is 4.79 Å². The van der Waals surface area contributed by atoms with Crippen molar-refractivity contribution in [1.82, 2.24) is 9.80 Å². The van der Waals surface area contributed by atoms with Crippen LogP contribution < -0.4 is 5.73 Å². The summed E-state index contributed by atoms with van der Waals surface area (Å²) in [6, 6.07) is 3.73. The maximum absolute atomic E-state index is 12.5. The van der Waals surface area contributed by atoms with E-state index in [0.717, 1.165) is 30.6 Å². The van der Waals surface area contributed by atoms with E-state index < -0.39 is 5.54 Å². The predicted octanol–water partition coefficient (Wildman–Crippen LogP) is 1.73. The van der Waals surface area contributed by atoms with Gasteiger partial charge in [0.15, 0.2) is 0 Å². The van der Waals surface area contributed by atoms with Crippen molar-refractivity contribution in [2.45, 2.75) is 31.2 Å². The second kappa shape index (κ2) is 6.98. The Kier molecular flexibility index (Phi) is 5.47. The lowest BCUT2D eigenvalue weighted by Gasteiger charge is -2.38. The van der Waals surface area contributed by atoms with Crippen molar-refractivity contribution >= 4 is 35.6 Å². The van der Waals surface area contributed by atoms with Crippen molar-refractivity contribution in [2.75, 3.05) is 26.2 Å². The lowest BCUT2D eigenvalue weighted by atomic mass is 9.97. The third kappa shape index (κ3) is 3.29. The number of hydrogen-bond donors (Lipinski definition) is 1. The second-order valence-electron chi connectivity index (χ2n) is 5.92. The first-order valence-electron chi connectivity index (χ1n) is 7.51. The Bertz CT molecular complexity index is 521. The fourth-order valence-electron chi connectivity index (χ4n) is 3.20. The average Bonchev–Trinajstić information content (AvgIpc) is 3.18. The average molecular weight is 344 g/mol. The number of nitrogens with two attached hydrogens (primary N) is 1. The highest BCUT2D eigenvalue weighted by Crippen LogP contribution is 2.29. The van der Waals surface area contributed by atoms with Crippen LogP contribution in [0.15, 0.2) is 17.5 Å². The molecule has 1 saturated heterocycles. The van der Waals surface area contributed by atoms with Gasteiger partial charge >= 0.3 is 0 Å². The number of rotatable bonds is 2. The molecule has 1 aromatic rings. The van der Waals surface area contributed by atoms with E-state index in [1.54, 1.807) is 0 Å². The number of carbonyl (C=O) groups excluding carboxylic acids is 2. The fourth-order valence-corrected chi connectivity index (χ4v) is 3.89. The quantitative estimate of drug-likeness (QED) is 0.889. The van der Waals surface area contributed by atoms with Crippen molar-refractivity contribution in [3.63, 3.8) is 0 Å². The largest absolute Gasteiger partial charge is 0.338 e. The number of hydrogen-bond acceptors (Lipinski definition) is 4.